The molecule has 0 amide bonds. The van der Waals surface area contributed by atoms with E-state index in [4.69, 9.17) is 28.8 Å². The molecule has 0 radical (unpaired) electrons. The van der Waals surface area contributed by atoms with Crippen molar-refractivity contribution in [1.29, 1.82) is 0 Å². The predicted octanol–water partition coefficient (Wildman–Crippen LogP) is 1.50. The number of benzene rings is 2. The maximum atomic E-state index is 6.16. The molecular formula is C19H24Cl3N3OZn. The molecule has 0 saturated carbocycles. The van der Waals surface area contributed by atoms with E-state index in [1.807, 2.05) is 26.2 Å². The summed E-state index contributed by atoms with van der Waals surface area (Å²) in [5.41, 5.74) is 4.95. The summed E-state index contributed by atoms with van der Waals surface area (Å²) in [5.74, 6) is 0.834. The number of hydrogen-bond donors (Lipinski definition) is 0. The summed E-state index contributed by atoms with van der Waals surface area (Å²) in [6.07, 6.45) is 0. The van der Waals surface area contributed by atoms with Gasteiger partial charge in [0.05, 0.1) is 6.07 Å². The SMILES string of the molecule is CC[N+](CC)=c1cc2oc3cc(N(C)C)ccc3nc-2cc1C.[Cl-].[Cl][Zn][Cl]. The molecule has 0 saturated heterocycles. The van der Waals surface area contributed by atoms with Crippen LogP contribution in [0.2, 0.25) is 0 Å². The van der Waals surface area contributed by atoms with Crippen LogP contribution >= 0.6 is 19.4 Å². The summed E-state index contributed by atoms with van der Waals surface area (Å²) in [7, 11) is 14.0. The number of anilines is 1. The van der Waals surface area contributed by atoms with Crippen LogP contribution in [-0.4, -0.2) is 32.2 Å². The molecule has 0 aromatic heterocycles. The van der Waals surface area contributed by atoms with Crippen molar-refractivity contribution in [2.45, 2.75) is 20.8 Å². The monoisotopic (exact) mass is 479 g/mol. The molecule has 27 heavy (non-hydrogen) atoms. The molecule has 1 aromatic rings. The fourth-order valence-electron chi connectivity index (χ4n) is 2.94. The van der Waals surface area contributed by atoms with E-state index in [2.05, 4.69) is 48.4 Å². The first-order chi connectivity index (χ1) is 12.4. The number of hydrogen-bond acceptors (Lipinski definition) is 3. The molecule has 144 valence electrons. The second-order valence-corrected chi connectivity index (χ2v) is 10.8. The quantitative estimate of drug-likeness (QED) is 0.323. The van der Waals surface area contributed by atoms with Crippen molar-refractivity contribution in [2.75, 3.05) is 32.1 Å². The Morgan fingerprint density at radius 2 is 1.74 bits per heavy atom. The van der Waals surface area contributed by atoms with Crippen molar-refractivity contribution in [1.82, 2.24) is 9.56 Å². The van der Waals surface area contributed by atoms with Gasteiger partial charge in [0.25, 0.3) is 0 Å². The van der Waals surface area contributed by atoms with Crippen molar-refractivity contribution in [3.05, 3.63) is 41.3 Å². The van der Waals surface area contributed by atoms with Gasteiger partial charge in [-0.25, -0.2) is 9.56 Å². The van der Waals surface area contributed by atoms with Gasteiger partial charge in [-0.05, 0) is 39.0 Å². The Labute approximate surface area is 182 Å². The second-order valence-electron chi connectivity index (χ2n) is 6.14. The van der Waals surface area contributed by atoms with Crippen molar-refractivity contribution in [3.8, 4) is 11.5 Å². The van der Waals surface area contributed by atoms with Gasteiger partial charge < -0.3 is 21.7 Å². The molecule has 1 aliphatic heterocycles. The van der Waals surface area contributed by atoms with Gasteiger partial charge >= 0.3 is 34.5 Å². The molecule has 1 aliphatic carbocycles. The van der Waals surface area contributed by atoms with E-state index in [9.17, 15) is 0 Å². The third-order valence-electron chi connectivity index (χ3n) is 4.30. The molecule has 3 rings (SSSR count). The molecule has 1 heterocycles. The Morgan fingerprint density at radius 1 is 1.11 bits per heavy atom. The van der Waals surface area contributed by atoms with Gasteiger partial charge in [-0.1, -0.05) is 0 Å². The maximum absolute atomic E-state index is 6.16. The van der Waals surface area contributed by atoms with Gasteiger partial charge in [-0.3, -0.25) is 0 Å². The first kappa shape index (κ1) is 24.2. The third-order valence-corrected chi connectivity index (χ3v) is 4.30. The molecule has 8 heteroatoms. The first-order valence-corrected chi connectivity index (χ1v) is 16.5. The zero-order valence-electron chi connectivity index (χ0n) is 16.4. The van der Waals surface area contributed by atoms with Gasteiger partial charge in [0.2, 0.25) is 5.36 Å². The molecule has 4 nitrogen and oxygen atoms in total. The van der Waals surface area contributed by atoms with Crippen LogP contribution in [0.15, 0.2) is 34.7 Å². The van der Waals surface area contributed by atoms with E-state index in [0.717, 1.165) is 41.3 Å². The van der Waals surface area contributed by atoms with Gasteiger partial charge in [0.15, 0.2) is 11.3 Å². The first-order valence-electron chi connectivity index (χ1n) is 8.67. The summed E-state index contributed by atoms with van der Waals surface area (Å²) < 4.78 is 8.49. The Hall–Kier alpha value is -0.867. The predicted molar refractivity (Wildman–Crippen MR) is 108 cm³/mol. The van der Waals surface area contributed by atoms with Crippen molar-refractivity contribution in [3.63, 3.8) is 0 Å². The number of aromatic nitrogens is 1. The average molecular weight is 482 g/mol. The standard InChI is InChI=1S/C19H24N3O.3ClH.Zn/c1-6-22(7-2)17-12-19-16(10-13(17)3)20-15-9-8-14(21(4)5)11-18(15)23-19;;;;/h8-12H,6-7H2,1-5H3;3*1H;/q+1;;;;+2/p-3. The number of nitrogens with zero attached hydrogens (tertiary/aromatic N) is 3. The van der Waals surface area contributed by atoms with Gasteiger partial charge in [0.1, 0.15) is 24.3 Å². The van der Waals surface area contributed by atoms with Crippen LogP contribution in [0.25, 0.3) is 22.6 Å². The molecule has 0 N–H and O–H groups in total. The van der Waals surface area contributed by atoms with Crippen LogP contribution in [0.3, 0.4) is 0 Å². The Bertz CT molecular complexity index is 922. The Morgan fingerprint density at radius 3 is 2.30 bits per heavy atom. The van der Waals surface area contributed by atoms with E-state index in [1.54, 1.807) is 0 Å². The minimum absolute atomic E-state index is 0. The summed E-state index contributed by atoms with van der Waals surface area (Å²) >= 11 is -0.931. The van der Waals surface area contributed by atoms with Crippen LogP contribution < -0.4 is 27.2 Å². The van der Waals surface area contributed by atoms with E-state index in [1.165, 1.54) is 10.9 Å². The molecule has 0 fully saturated rings. The molecule has 0 unspecified atom stereocenters. The zero-order valence-corrected chi connectivity index (χ0v) is 21.6. The fourth-order valence-corrected chi connectivity index (χ4v) is 2.94. The molecular weight excluding hydrogens is 458 g/mol. The van der Waals surface area contributed by atoms with Gasteiger partial charge in [-0.2, -0.15) is 0 Å². The summed E-state index contributed by atoms with van der Waals surface area (Å²) in [6.45, 7) is 8.44. The number of halogens is 3. The minimum atomic E-state index is -0.931. The third kappa shape index (κ3) is 5.81. The molecule has 0 bridgehead atoms. The summed E-state index contributed by atoms with van der Waals surface area (Å²) in [4.78, 5) is 6.83. The fraction of sp³-hybridized carbons (Fsp3) is 0.368. The van der Waals surface area contributed by atoms with E-state index in [-0.39, 0.29) is 12.4 Å². The Balaban J connectivity index is 0.000000855. The van der Waals surface area contributed by atoms with Crippen LogP contribution in [0.4, 0.5) is 5.69 Å². The van der Waals surface area contributed by atoms with E-state index < -0.39 is 15.1 Å². The summed E-state index contributed by atoms with van der Waals surface area (Å²) in [5, 5.41) is 1.22. The number of fused-ring (bicyclic) bond motifs is 2. The zero-order chi connectivity index (χ0) is 19.3. The molecule has 0 spiro atoms. The van der Waals surface area contributed by atoms with Crippen molar-refractivity contribution < 1.29 is 32.0 Å². The normalized spacial score (nSPS) is 9.89. The van der Waals surface area contributed by atoms with Crippen LogP contribution in [0, 0.1) is 6.92 Å². The topological polar surface area (TPSA) is 32.3 Å². The molecule has 2 aliphatic rings. The Kier molecular flexibility index (Phi) is 10.0. The van der Waals surface area contributed by atoms with Crippen molar-refractivity contribution in [2.24, 2.45) is 0 Å². The number of aryl methyl sites for hydroxylation is 1. The van der Waals surface area contributed by atoms with E-state index in [0.29, 0.717) is 0 Å². The average Bonchev–Trinajstić information content (AvgIpc) is 2.61. The van der Waals surface area contributed by atoms with Crippen LogP contribution in [0.5, 0.6) is 0 Å². The van der Waals surface area contributed by atoms with Crippen LogP contribution in [-0.2, 0) is 15.1 Å². The number of rotatable bonds is 3. The summed E-state index contributed by atoms with van der Waals surface area (Å²) in [6, 6.07) is 10.4. The van der Waals surface area contributed by atoms with Gasteiger partial charge in [-0.15, -0.1) is 0 Å². The van der Waals surface area contributed by atoms with Gasteiger partial charge in [0, 0.05) is 31.4 Å². The second kappa shape index (κ2) is 11.2. The molecule has 0 atom stereocenters. The molecule has 1 aromatic carbocycles. The van der Waals surface area contributed by atoms with Crippen LogP contribution in [0.1, 0.15) is 19.4 Å². The van der Waals surface area contributed by atoms with Crippen molar-refractivity contribution >= 4 is 36.2 Å². The van der Waals surface area contributed by atoms with E-state index >= 15 is 0 Å².